The number of nitrogens with zero attached hydrogens (tertiary/aromatic N) is 1. The van der Waals surface area contributed by atoms with Gasteiger partial charge in [0, 0.05) is 18.0 Å². The maximum absolute atomic E-state index is 13.2. The van der Waals surface area contributed by atoms with E-state index >= 15 is 0 Å². The van der Waals surface area contributed by atoms with Crippen LogP contribution in [0, 0.1) is 0 Å². The number of rotatable bonds is 5. The number of ether oxygens (including phenoxy) is 2. The minimum atomic E-state index is -0.874. The first-order valence-electron chi connectivity index (χ1n) is 9.23. The number of hydrogen-bond acceptors (Lipinski definition) is 5. The van der Waals surface area contributed by atoms with Crippen molar-refractivity contribution >= 4 is 29.6 Å². The minimum absolute atomic E-state index is 0.250. The lowest BCUT2D eigenvalue weighted by Gasteiger charge is -2.29. The second kappa shape index (κ2) is 9.28. The molecule has 28 heavy (non-hydrogen) atoms. The number of hydrogen-bond donors (Lipinski definition) is 1. The van der Waals surface area contributed by atoms with Gasteiger partial charge in [0.2, 0.25) is 5.91 Å². The Hall–Kier alpha value is -2.28. The first kappa shape index (κ1) is 22.0. The van der Waals surface area contributed by atoms with Gasteiger partial charge in [-0.1, -0.05) is 23.7 Å². The van der Waals surface area contributed by atoms with E-state index in [4.69, 9.17) is 21.1 Å². The van der Waals surface area contributed by atoms with Gasteiger partial charge in [-0.05, 0) is 51.3 Å². The van der Waals surface area contributed by atoms with Gasteiger partial charge in [-0.25, -0.2) is 9.59 Å². The normalized spacial score (nSPS) is 17.8. The summed E-state index contributed by atoms with van der Waals surface area (Å²) in [4.78, 5) is 38.9. The number of carbonyl (C=O) groups excluding carboxylic acids is 3. The van der Waals surface area contributed by atoms with Crippen molar-refractivity contribution in [3.05, 3.63) is 34.9 Å². The fraction of sp³-hybridized carbons (Fsp3) is 0.550. The highest BCUT2D eigenvalue weighted by molar-refractivity contribution is 6.30. The molecular formula is C20H27ClN2O5. The van der Waals surface area contributed by atoms with E-state index in [2.05, 4.69) is 5.32 Å². The number of alkyl carbamates (subject to hydrolysis) is 1. The van der Waals surface area contributed by atoms with Crippen LogP contribution in [0.3, 0.4) is 0 Å². The van der Waals surface area contributed by atoms with Crippen molar-refractivity contribution < 1.29 is 23.9 Å². The molecule has 7 nitrogen and oxygen atoms in total. The van der Waals surface area contributed by atoms with E-state index in [0.29, 0.717) is 24.4 Å². The van der Waals surface area contributed by atoms with E-state index in [0.717, 1.165) is 5.56 Å². The standard InChI is InChI=1S/C20H27ClN2O5/c1-20(2,3)28-19(26)22-15(12-13-7-9-14(21)10-8-13)17(24)23-11-5-6-16(23)18(25)27-4/h7-10,15-16H,5-6,11-12H2,1-4H3,(H,22,26)/t15-,16-/m0/s1. The predicted octanol–water partition coefficient (Wildman–Crippen LogP) is 2.94. The van der Waals surface area contributed by atoms with E-state index in [1.807, 2.05) is 0 Å². The maximum atomic E-state index is 13.2. The predicted molar refractivity (Wildman–Crippen MR) is 105 cm³/mol. The summed E-state index contributed by atoms with van der Waals surface area (Å²) in [6.45, 7) is 5.68. The van der Waals surface area contributed by atoms with Crippen LogP contribution in [0.25, 0.3) is 0 Å². The highest BCUT2D eigenvalue weighted by Gasteiger charge is 2.38. The summed E-state index contributed by atoms with van der Waals surface area (Å²) < 4.78 is 10.1. The van der Waals surface area contributed by atoms with Crippen molar-refractivity contribution in [3.63, 3.8) is 0 Å². The molecule has 1 aromatic rings. The summed E-state index contributed by atoms with van der Waals surface area (Å²) in [6.07, 6.45) is 0.803. The Labute approximate surface area is 170 Å². The zero-order chi connectivity index (χ0) is 20.9. The molecule has 1 aliphatic rings. The number of carbonyl (C=O) groups is 3. The van der Waals surface area contributed by atoms with Gasteiger partial charge in [-0.3, -0.25) is 4.79 Å². The fourth-order valence-corrected chi connectivity index (χ4v) is 3.24. The molecule has 2 atom stereocenters. The van der Waals surface area contributed by atoms with Crippen LogP contribution in [0.1, 0.15) is 39.2 Å². The molecule has 1 aliphatic heterocycles. The molecule has 0 aromatic heterocycles. The molecule has 2 rings (SSSR count). The number of amides is 2. The van der Waals surface area contributed by atoms with Crippen LogP contribution in [0.2, 0.25) is 5.02 Å². The highest BCUT2D eigenvalue weighted by atomic mass is 35.5. The van der Waals surface area contributed by atoms with Gasteiger partial charge in [0.1, 0.15) is 17.7 Å². The lowest BCUT2D eigenvalue weighted by molar-refractivity contribution is -0.151. The fourth-order valence-electron chi connectivity index (χ4n) is 3.12. The Balaban J connectivity index is 2.20. The lowest BCUT2D eigenvalue weighted by atomic mass is 10.0. The third-order valence-corrected chi connectivity index (χ3v) is 4.60. The Kier molecular flexibility index (Phi) is 7.29. The lowest BCUT2D eigenvalue weighted by Crippen LogP contribution is -2.53. The highest BCUT2D eigenvalue weighted by Crippen LogP contribution is 2.21. The zero-order valence-corrected chi connectivity index (χ0v) is 17.4. The first-order valence-corrected chi connectivity index (χ1v) is 9.61. The zero-order valence-electron chi connectivity index (χ0n) is 16.7. The quantitative estimate of drug-likeness (QED) is 0.754. The molecule has 8 heteroatoms. The number of nitrogens with one attached hydrogen (secondary N) is 1. The smallest absolute Gasteiger partial charge is 0.408 e. The van der Waals surface area contributed by atoms with Crippen LogP contribution >= 0.6 is 11.6 Å². The van der Waals surface area contributed by atoms with Crippen molar-refractivity contribution in [1.82, 2.24) is 10.2 Å². The third-order valence-electron chi connectivity index (χ3n) is 4.35. The Morgan fingerprint density at radius 3 is 2.46 bits per heavy atom. The van der Waals surface area contributed by atoms with Gasteiger partial charge in [0.05, 0.1) is 7.11 Å². The molecule has 1 heterocycles. The third kappa shape index (κ3) is 6.12. The molecule has 1 fully saturated rings. The van der Waals surface area contributed by atoms with Crippen LogP contribution in [0.15, 0.2) is 24.3 Å². The van der Waals surface area contributed by atoms with Crippen molar-refractivity contribution in [2.75, 3.05) is 13.7 Å². The monoisotopic (exact) mass is 410 g/mol. The maximum Gasteiger partial charge on any atom is 0.408 e. The number of halogens is 1. The van der Waals surface area contributed by atoms with E-state index in [9.17, 15) is 14.4 Å². The molecule has 0 bridgehead atoms. The van der Waals surface area contributed by atoms with Crippen LogP contribution in [-0.4, -0.2) is 54.2 Å². The van der Waals surface area contributed by atoms with Crippen molar-refractivity contribution in [2.24, 2.45) is 0 Å². The summed E-state index contributed by atoms with van der Waals surface area (Å²) >= 11 is 5.92. The van der Waals surface area contributed by atoms with Gasteiger partial charge >= 0.3 is 12.1 Å². The Bertz CT molecular complexity index is 714. The van der Waals surface area contributed by atoms with Crippen molar-refractivity contribution in [2.45, 2.75) is 57.7 Å². The summed E-state index contributed by atoms with van der Waals surface area (Å²) in [5.74, 6) is -0.790. The topological polar surface area (TPSA) is 84.9 Å². The molecule has 0 saturated carbocycles. The average Bonchev–Trinajstić information content (AvgIpc) is 3.09. The summed E-state index contributed by atoms with van der Waals surface area (Å²) in [6, 6.07) is 5.52. The molecule has 1 N–H and O–H groups in total. The molecule has 2 amide bonds. The van der Waals surface area contributed by atoms with Gasteiger partial charge in [-0.2, -0.15) is 0 Å². The molecule has 0 spiro atoms. The molecule has 0 unspecified atom stereocenters. The molecule has 1 aromatic carbocycles. The number of methoxy groups -OCH3 is 1. The van der Waals surface area contributed by atoms with Crippen molar-refractivity contribution in [1.29, 1.82) is 0 Å². The van der Waals surface area contributed by atoms with Crippen LogP contribution in [-0.2, 0) is 25.5 Å². The minimum Gasteiger partial charge on any atom is -0.467 e. The average molecular weight is 411 g/mol. The Morgan fingerprint density at radius 2 is 1.89 bits per heavy atom. The van der Waals surface area contributed by atoms with Crippen LogP contribution in [0.4, 0.5) is 4.79 Å². The number of esters is 1. The van der Waals surface area contributed by atoms with Gasteiger partial charge in [0.15, 0.2) is 0 Å². The number of likely N-dealkylation sites (tertiary alicyclic amines) is 1. The van der Waals surface area contributed by atoms with E-state index in [1.54, 1.807) is 45.0 Å². The summed E-state index contributed by atoms with van der Waals surface area (Å²) in [5.41, 5.74) is 0.132. The van der Waals surface area contributed by atoms with Gasteiger partial charge in [-0.15, -0.1) is 0 Å². The summed E-state index contributed by atoms with van der Waals surface area (Å²) in [7, 11) is 1.30. The molecule has 0 radical (unpaired) electrons. The van der Waals surface area contributed by atoms with E-state index in [-0.39, 0.29) is 12.3 Å². The van der Waals surface area contributed by atoms with Gasteiger partial charge in [0.25, 0.3) is 0 Å². The van der Waals surface area contributed by atoms with E-state index in [1.165, 1.54) is 12.0 Å². The van der Waals surface area contributed by atoms with Crippen molar-refractivity contribution in [3.8, 4) is 0 Å². The SMILES string of the molecule is COC(=O)[C@@H]1CCCN1C(=O)[C@H](Cc1ccc(Cl)cc1)NC(=O)OC(C)(C)C. The van der Waals surface area contributed by atoms with Crippen LogP contribution < -0.4 is 5.32 Å². The number of benzene rings is 1. The second-order valence-electron chi connectivity index (χ2n) is 7.74. The second-order valence-corrected chi connectivity index (χ2v) is 8.18. The molecule has 1 saturated heterocycles. The molecule has 0 aliphatic carbocycles. The Morgan fingerprint density at radius 1 is 1.25 bits per heavy atom. The molecule has 154 valence electrons. The summed E-state index contributed by atoms with van der Waals surface area (Å²) in [5, 5.41) is 3.23. The molecular weight excluding hydrogens is 384 g/mol. The van der Waals surface area contributed by atoms with Crippen LogP contribution in [0.5, 0.6) is 0 Å². The first-order chi connectivity index (χ1) is 13.1. The van der Waals surface area contributed by atoms with Gasteiger partial charge < -0.3 is 19.7 Å². The van der Waals surface area contributed by atoms with E-state index < -0.39 is 29.7 Å². The largest absolute Gasteiger partial charge is 0.467 e.